The van der Waals surface area contributed by atoms with Gasteiger partial charge in [0, 0.05) is 46.2 Å². The number of piperazine rings is 1. The van der Waals surface area contributed by atoms with Gasteiger partial charge in [-0.2, -0.15) is 4.31 Å². The summed E-state index contributed by atoms with van der Waals surface area (Å²) >= 11 is 0. The first-order chi connectivity index (χ1) is 18.5. The van der Waals surface area contributed by atoms with Crippen LogP contribution >= 0.6 is 0 Å². The molecule has 0 spiro atoms. The Balaban J connectivity index is 1.67. The molecule has 1 aromatic rings. The van der Waals surface area contributed by atoms with E-state index >= 15 is 0 Å². The van der Waals surface area contributed by atoms with Gasteiger partial charge in [-0.3, -0.25) is 9.59 Å². The van der Waals surface area contributed by atoms with Gasteiger partial charge in [0.15, 0.2) is 0 Å². The van der Waals surface area contributed by atoms with E-state index in [2.05, 4.69) is 10.1 Å². The highest BCUT2D eigenvalue weighted by Crippen LogP contribution is 2.27. The van der Waals surface area contributed by atoms with Crippen molar-refractivity contribution in [3.05, 3.63) is 24.3 Å². The van der Waals surface area contributed by atoms with Crippen molar-refractivity contribution < 1.29 is 45.4 Å². The predicted molar refractivity (Wildman–Crippen MR) is 137 cm³/mol. The van der Waals surface area contributed by atoms with Crippen LogP contribution in [0.5, 0.6) is 5.75 Å². The number of piperidine rings is 1. The van der Waals surface area contributed by atoms with Gasteiger partial charge in [0.05, 0.1) is 4.90 Å². The zero-order valence-corrected chi connectivity index (χ0v) is 23.7. The van der Waals surface area contributed by atoms with Crippen LogP contribution in [0.2, 0.25) is 0 Å². The smallest absolute Gasteiger partial charge is 0.444 e. The Hall–Kier alpha value is -3.07. The summed E-state index contributed by atoms with van der Waals surface area (Å²) in [6, 6.07) is 2.47. The first kappa shape index (κ1) is 31.5. The number of hydrogen-bond donors (Lipinski definition) is 1. The van der Waals surface area contributed by atoms with Crippen LogP contribution in [0.25, 0.3) is 0 Å². The predicted octanol–water partition coefficient (Wildman–Crippen LogP) is 2.57. The maximum atomic E-state index is 13.4. The number of nitrogens with one attached hydrogen (secondary N) is 1. The quantitative estimate of drug-likeness (QED) is 0.538. The largest absolute Gasteiger partial charge is 0.573 e. The molecule has 3 rings (SSSR count). The molecule has 2 heterocycles. The van der Waals surface area contributed by atoms with Crippen LogP contribution in [0.1, 0.15) is 40.5 Å². The van der Waals surface area contributed by atoms with Gasteiger partial charge in [0.1, 0.15) is 17.4 Å². The van der Waals surface area contributed by atoms with Crippen LogP contribution in [-0.2, 0) is 24.3 Å². The van der Waals surface area contributed by atoms with E-state index in [1.807, 2.05) is 0 Å². The Kier molecular flexibility index (Phi) is 9.60. The van der Waals surface area contributed by atoms with Crippen LogP contribution in [0.15, 0.2) is 29.2 Å². The van der Waals surface area contributed by atoms with Crippen LogP contribution < -0.4 is 10.1 Å². The summed E-state index contributed by atoms with van der Waals surface area (Å²) in [5.74, 6) is -1.46. The lowest BCUT2D eigenvalue weighted by molar-refractivity contribution is -0.274. The topological polar surface area (TPSA) is 126 Å². The summed E-state index contributed by atoms with van der Waals surface area (Å²) in [5, 5.41) is 2.79. The molecular formula is C25H35F3N4O7S. The van der Waals surface area contributed by atoms with Gasteiger partial charge in [-0.1, -0.05) is 0 Å². The monoisotopic (exact) mass is 592 g/mol. The normalized spacial score (nSPS) is 19.7. The van der Waals surface area contributed by atoms with Crippen LogP contribution in [0.4, 0.5) is 18.0 Å². The highest BCUT2D eigenvalue weighted by molar-refractivity contribution is 7.89. The molecule has 0 radical (unpaired) electrons. The zero-order valence-electron chi connectivity index (χ0n) is 22.9. The molecule has 2 aliphatic heterocycles. The standard InChI is InChI=1S/C25H35F3N4O7S/c1-17(33)31-13-14-32(40(36,37)20-7-5-19(6-8-20)38-25(26,27)28)21(16-31)22(34)29-15-18-9-11-30(12-10-18)23(35)39-24(2,3)4/h5-8,18,21H,9-16H2,1-4H3,(H,29,34)/t21-/m1/s1. The summed E-state index contributed by atoms with van der Waals surface area (Å²) in [6.07, 6.45) is -4.12. The van der Waals surface area contributed by atoms with Gasteiger partial charge in [-0.25, -0.2) is 13.2 Å². The van der Waals surface area contributed by atoms with Crippen molar-refractivity contribution in [1.82, 2.24) is 19.4 Å². The summed E-state index contributed by atoms with van der Waals surface area (Å²) in [4.78, 5) is 40.2. The molecule has 11 nitrogen and oxygen atoms in total. The minimum atomic E-state index is -4.93. The van der Waals surface area contributed by atoms with Gasteiger partial charge in [0.2, 0.25) is 21.8 Å². The number of sulfonamides is 1. The van der Waals surface area contributed by atoms with Crippen molar-refractivity contribution >= 4 is 27.9 Å². The van der Waals surface area contributed by atoms with E-state index in [1.54, 1.807) is 25.7 Å². The van der Waals surface area contributed by atoms with Gasteiger partial charge in [0.25, 0.3) is 0 Å². The molecule has 2 aliphatic rings. The number of carbonyl (C=O) groups is 3. The average molecular weight is 593 g/mol. The molecule has 1 aromatic carbocycles. The van der Waals surface area contributed by atoms with E-state index in [-0.39, 0.29) is 42.9 Å². The highest BCUT2D eigenvalue weighted by atomic mass is 32.2. The molecule has 40 heavy (non-hydrogen) atoms. The van der Waals surface area contributed by atoms with E-state index in [9.17, 15) is 36.0 Å². The zero-order chi connectivity index (χ0) is 29.9. The van der Waals surface area contributed by atoms with Crippen molar-refractivity contribution in [2.24, 2.45) is 5.92 Å². The number of ether oxygens (including phenoxy) is 2. The van der Waals surface area contributed by atoms with Crippen LogP contribution in [-0.4, -0.2) is 97.7 Å². The number of hydrogen-bond acceptors (Lipinski definition) is 7. The fourth-order valence-corrected chi connectivity index (χ4v) is 6.08. The number of halogens is 3. The fraction of sp³-hybridized carbons (Fsp3) is 0.640. The van der Waals surface area contributed by atoms with E-state index < -0.39 is 45.8 Å². The molecule has 2 saturated heterocycles. The number of benzene rings is 1. The fourth-order valence-electron chi connectivity index (χ4n) is 4.51. The minimum absolute atomic E-state index is 0.0429. The summed E-state index contributed by atoms with van der Waals surface area (Å²) in [7, 11) is -4.30. The van der Waals surface area contributed by atoms with Crippen molar-refractivity contribution in [3.63, 3.8) is 0 Å². The molecule has 224 valence electrons. The van der Waals surface area contributed by atoms with Gasteiger partial charge in [-0.15, -0.1) is 13.2 Å². The van der Waals surface area contributed by atoms with Gasteiger partial charge < -0.3 is 24.6 Å². The molecular weight excluding hydrogens is 557 g/mol. The lowest BCUT2D eigenvalue weighted by Gasteiger charge is -2.39. The lowest BCUT2D eigenvalue weighted by Crippen LogP contribution is -2.61. The molecule has 0 aromatic heterocycles. The molecule has 0 aliphatic carbocycles. The summed E-state index contributed by atoms with van der Waals surface area (Å²) in [6.45, 7) is 7.52. The average Bonchev–Trinajstić information content (AvgIpc) is 2.85. The summed E-state index contributed by atoms with van der Waals surface area (Å²) < 4.78 is 74.4. The van der Waals surface area contributed by atoms with E-state index in [0.717, 1.165) is 28.6 Å². The Bertz CT molecular complexity index is 1180. The van der Waals surface area contributed by atoms with E-state index in [4.69, 9.17) is 4.74 Å². The number of likely N-dealkylation sites (tertiary alicyclic amines) is 1. The second-order valence-corrected chi connectivity index (χ2v) is 12.7. The van der Waals surface area contributed by atoms with Crippen LogP contribution in [0.3, 0.4) is 0 Å². The minimum Gasteiger partial charge on any atom is -0.444 e. The Labute approximate surface area is 231 Å². The SMILES string of the molecule is CC(=O)N1CCN(S(=O)(=O)c2ccc(OC(F)(F)F)cc2)[C@@H](C(=O)NCC2CCN(C(=O)OC(C)(C)C)CC2)C1. The molecule has 15 heteroatoms. The Morgan fingerprint density at radius 3 is 2.10 bits per heavy atom. The maximum absolute atomic E-state index is 13.4. The van der Waals surface area contributed by atoms with E-state index in [1.165, 1.54) is 11.8 Å². The second-order valence-electron chi connectivity index (χ2n) is 10.8. The van der Waals surface area contributed by atoms with Crippen molar-refractivity contribution in [2.75, 3.05) is 39.3 Å². The lowest BCUT2D eigenvalue weighted by atomic mass is 9.97. The molecule has 1 atom stereocenters. The highest BCUT2D eigenvalue weighted by Gasteiger charge is 2.41. The molecule has 0 unspecified atom stereocenters. The molecule has 1 N–H and O–H groups in total. The third-order valence-corrected chi connectivity index (χ3v) is 8.50. The van der Waals surface area contributed by atoms with Crippen LogP contribution in [0, 0.1) is 5.92 Å². The third kappa shape index (κ3) is 8.46. The van der Waals surface area contributed by atoms with Crippen molar-refractivity contribution in [1.29, 1.82) is 0 Å². The van der Waals surface area contributed by atoms with E-state index in [0.29, 0.717) is 25.9 Å². The number of rotatable bonds is 6. The molecule has 0 saturated carbocycles. The number of nitrogens with zero attached hydrogens (tertiary/aromatic N) is 3. The number of alkyl halides is 3. The Morgan fingerprint density at radius 1 is 0.975 bits per heavy atom. The second kappa shape index (κ2) is 12.2. The molecule has 3 amide bonds. The van der Waals surface area contributed by atoms with Gasteiger partial charge >= 0.3 is 12.5 Å². The van der Waals surface area contributed by atoms with Gasteiger partial charge in [-0.05, 0) is 63.8 Å². The number of carbonyl (C=O) groups excluding carboxylic acids is 3. The first-order valence-electron chi connectivity index (χ1n) is 12.8. The maximum Gasteiger partial charge on any atom is 0.573 e. The summed E-state index contributed by atoms with van der Waals surface area (Å²) in [5.41, 5.74) is -0.610. The van der Waals surface area contributed by atoms with Crippen molar-refractivity contribution in [2.45, 2.75) is 63.4 Å². The third-order valence-electron chi connectivity index (χ3n) is 6.57. The molecule has 0 bridgehead atoms. The Morgan fingerprint density at radius 2 is 1.57 bits per heavy atom. The number of amides is 3. The molecule has 2 fully saturated rings. The van der Waals surface area contributed by atoms with Crippen molar-refractivity contribution in [3.8, 4) is 5.75 Å². The first-order valence-corrected chi connectivity index (χ1v) is 14.3.